The molecule has 0 aliphatic heterocycles. The van der Waals surface area contributed by atoms with Crippen LogP contribution in [0.5, 0.6) is 11.5 Å². The quantitative estimate of drug-likeness (QED) is 0.753. The summed E-state index contributed by atoms with van der Waals surface area (Å²) in [5, 5.41) is 13.1. The minimum Gasteiger partial charge on any atom is -0.507 e. The molecule has 0 bridgehead atoms. The molecule has 6 heteroatoms. The van der Waals surface area contributed by atoms with E-state index in [9.17, 15) is 5.11 Å². The number of methoxy groups -OCH3 is 1. The maximum absolute atomic E-state index is 9.96. The molecule has 2 rings (SSSR count). The Morgan fingerprint density at radius 3 is 2.90 bits per heavy atom. The minimum absolute atomic E-state index is 0.0774. The van der Waals surface area contributed by atoms with Gasteiger partial charge in [0.05, 0.1) is 12.7 Å². The van der Waals surface area contributed by atoms with E-state index in [4.69, 9.17) is 10.5 Å². The van der Waals surface area contributed by atoms with Crippen molar-refractivity contribution in [3.05, 3.63) is 30.5 Å². The van der Waals surface area contributed by atoms with E-state index in [-0.39, 0.29) is 11.8 Å². The van der Waals surface area contributed by atoms with Crippen molar-refractivity contribution >= 4 is 5.82 Å². The van der Waals surface area contributed by atoms with Gasteiger partial charge in [0.1, 0.15) is 17.3 Å². The summed E-state index contributed by atoms with van der Waals surface area (Å²) in [5.74, 6) is 1.85. The van der Waals surface area contributed by atoms with Gasteiger partial charge >= 0.3 is 0 Å². The molecule has 0 fully saturated rings. The normalized spacial score (nSPS) is 12.0. The van der Waals surface area contributed by atoms with Crippen LogP contribution in [0.25, 0.3) is 11.4 Å². The second-order valence-electron chi connectivity index (χ2n) is 4.70. The van der Waals surface area contributed by atoms with Gasteiger partial charge in [0.15, 0.2) is 5.82 Å². The first-order valence-electron chi connectivity index (χ1n) is 6.84. The highest BCUT2D eigenvalue weighted by Gasteiger charge is 2.10. The number of aromatic hydroxyl groups is 1. The van der Waals surface area contributed by atoms with Crippen molar-refractivity contribution < 1.29 is 9.84 Å². The van der Waals surface area contributed by atoms with Crippen LogP contribution < -0.4 is 15.8 Å². The number of aromatic nitrogens is 2. The molecule has 2 aromatic rings. The van der Waals surface area contributed by atoms with Crippen LogP contribution in [-0.2, 0) is 0 Å². The molecule has 0 aliphatic carbocycles. The molecule has 0 spiro atoms. The van der Waals surface area contributed by atoms with E-state index >= 15 is 0 Å². The Kier molecular flexibility index (Phi) is 4.94. The van der Waals surface area contributed by atoms with Crippen LogP contribution >= 0.6 is 0 Å². The van der Waals surface area contributed by atoms with E-state index in [1.54, 1.807) is 37.6 Å². The van der Waals surface area contributed by atoms with E-state index in [1.165, 1.54) is 0 Å². The first kappa shape index (κ1) is 15.1. The Morgan fingerprint density at radius 1 is 1.38 bits per heavy atom. The number of anilines is 1. The van der Waals surface area contributed by atoms with Gasteiger partial charge in [-0.1, -0.05) is 6.92 Å². The fraction of sp³-hybridized carbons (Fsp3) is 0.333. The Hall–Kier alpha value is -2.34. The Morgan fingerprint density at radius 2 is 2.19 bits per heavy atom. The summed E-state index contributed by atoms with van der Waals surface area (Å²) < 4.78 is 5.16. The fourth-order valence-electron chi connectivity index (χ4n) is 1.79. The lowest BCUT2D eigenvalue weighted by Crippen LogP contribution is -2.28. The summed E-state index contributed by atoms with van der Waals surface area (Å²) >= 11 is 0. The van der Waals surface area contributed by atoms with Crippen LogP contribution in [0.1, 0.15) is 13.3 Å². The van der Waals surface area contributed by atoms with E-state index < -0.39 is 0 Å². The zero-order chi connectivity index (χ0) is 15.2. The maximum atomic E-state index is 9.96. The molecule has 0 saturated heterocycles. The number of nitrogens with zero attached hydrogens (tertiary/aromatic N) is 2. The number of ether oxygens (including phenoxy) is 1. The lowest BCUT2D eigenvalue weighted by molar-refractivity contribution is 0.412. The number of hydrogen-bond donors (Lipinski definition) is 3. The predicted molar refractivity (Wildman–Crippen MR) is 82.4 cm³/mol. The van der Waals surface area contributed by atoms with Gasteiger partial charge in [0, 0.05) is 18.8 Å². The van der Waals surface area contributed by atoms with Crippen molar-refractivity contribution in [2.75, 3.05) is 19.0 Å². The first-order valence-corrected chi connectivity index (χ1v) is 6.84. The molecule has 21 heavy (non-hydrogen) atoms. The molecule has 0 saturated carbocycles. The molecule has 1 aromatic carbocycles. The van der Waals surface area contributed by atoms with E-state index in [0.29, 0.717) is 29.5 Å². The van der Waals surface area contributed by atoms with Crippen molar-refractivity contribution in [1.82, 2.24) is 9.97 Å². The highest BCUT2D eigenvalue weighted by atomic mass is 16.5. The second-order valence-corrected chi connectivity index (χ2v) is 4.70. The van der Waals surface area contributed by atoms with Gasteiger partial charge in [-0.15, -0.1) is 0 Å². The molecule has 112 valence electrons. The predicted octanol–water partition coefficient (Wildman–Crippen LogP) is 2.01. The highest BCUT2D eigenvalue weighted by molar-refractivity contribution is 5.66. The van der Waals surface area contributed by atoms with Crippen LogP contribution in [-0.4, -0.2) is 34.8 Å². The number of phenols is 1. The third-order valence-corrected chi connectivity index (χ3v) is 3.17. The second kappa shape index (κ2) is 6.90. The maximum Gasteiger partial charge on any atom is 0.165 e. The largest absolute Gasteiger partial charge is 0.507 e. The average Bonchev–Trinajstić information content (AvgIpc) is 2.53. The fourth-order valence-corrected chi connectivity index (χ4v) is 1.79. The third kappa shape index (κ3) is 3.82. The van der Waals surface area contributed by atoms with Crippen molar-refractivity contribution in [3.63, 3.8) is 0 Å². The van der Waals surface area contributed by atoms with Gasteiger partial charge in [-0.2, -0.15) is 0 Å². The standard InChI is InChI=1S/C15H20N4O2/c1-3-10(16)9-18-14-6-7-17-15(19-14)12-8-11(21-2)4-5-13(12)20/h4-8,10,20H,3,9,16H2,1-2H3,(H,17,18,19)/t10-/m1/s1. The number of nitrogens with two attached hydrogens (primary N) is 1. The van der Waals surface area contributed by atoms with E-state index in [0.717, 1.165) is 6.42 Å². The summed E-state index contributed by atoms with van der Waals surface area (Å²) in [6.45, 7) is 2.67. The van der Waals surface area contributed by atoms with Crippen molar-refractivity contribution in [3.8, 4) is 22.9 Å². The number of rotatable bonds is 6. The summed E-state index contributed by atoms with van der Waals surface area (Å²) in [7, 11) is 1.57. The van der Waals surface area contributed by atoms with E-state index in [2.05, 4.69) is 15.3 Å². The molecule has 1 atom stereocenters. The molecular weight excluding hydrogens is 268 g/mol. The molecular formula is C15H20N4O2. The van der Waals surface area contributed by atoms with Gasteiger partial charge < -0.3 is 20.9 Å². The van der Waals surface area contributed by atoms with Crippen molar-refractivity contribution in [2.45, 2.75) is 19.4 Å². The molecule has 0 amide bonds. The van der Waals surface area contributed by atoms with Gasteiger partial charge in [-0.25, -0.2) is 9.97 Å². The number of nitrogens with one attached hydrogen (secondary N) is 1. The molecule has 4 N–H and O–H groups in total. The molecule has 1 aromatic heterocycles. The molecule has 1 heterocycles. The molecule has 0 unspecified atom stereocenters. The SMILES string of the molecule is CC[C@@H](N)CNc1ccnc(-c2cc(OC)ccc2O)n1. The Labute approximate surface area is 124 Å². The third-order valence-electron chi connectivity index (χ3n) is 3.17. The van der Waals surface area contributed by atoms with Crippen molar-refractivity contribution in [2.24, 2.45) is 5.73 Å². The number of benzene rings is 1. The van der Waals surface area contributed by atoms with Crippen LogP contribution in [0.2, 0.25) is 0 Å². The van der Waals surface area contributed by atoms with Gasteiger partial charge in [-0.3, -0.25) is 0 Å². The minimum atomic E-state index is 0.0774. The Balaban J connectivity index is 2.24. The molecule has 0 radical (unpaired) electrons. The lowest BCUT2D eigenvalue weighted by atomic mass is 10.1. The smallest absolute Gasteiger partial charge is 0.165 e. The van der Waals surface area contributed by atoms with Crippen molar-refractivity contribution in [1.29, 1.82) is 0 Å². The molecule has 0 aliphatic rings. The zero-order valence-corrected chi connectivity index (χ0v) is 12.2. The van der Waals surface area contributed by atoms with Gasteiger partial charge in [0.25, 0.3) is 0 Å². The topological polar surface area (TPSA) is 93.3 Å². The van der Waals surface area contributed by atoms with Crippen LogP contribution in [0, 0.1) is 0 Å². The van der Waals surface area contributed by atoms with Crippen LogP contribution in [0.3, 0.4) is 0 Å². The first-order chi connectivity index (χ1) is 10.1. The molecule has 6 nitrogen and oxygen atoms in total. The lowest BCUT2D eigenvalue weighted by Gasteiger charge is -2.12. The monoisotopic (exact) mass is 288 g/mol. The summed E-state index contributed by atoms with van der Waals surface area (Å²) in [6, 6.07) is 6.79. The summed E-state index contributed by atoms with van der Waals surface area (Å²) in [5.41, 5.74) is 6.40. The van der Waals surface area contributed by atoms with Crippen LogP contribution in [0.15, 0.2) is 30.5 Å². The Bertz CT molecular complexity index is 604. The average molecular weight is 288 g/mol. The number of phenolic OH excluding ortho intramolecular Hbond substituents is 1. The summed E-state index contributed by atoms with van der Waals surface area (Å²) in [6.07, 6.45) is 2.53. The van der Waals surface area contributed by atoms with E-state index in [1.807, 2.05) is 6.92 Å². The van der Waals surface area contributed by atoms with Gasteiger partial charge in [0.2, 0.25) is 0 Å². The van der Waals surface area contributed by atoms with Gasteiger partial charge in [-0.05, 0) is 30.7 Å². The summed E-state index contributed by atoms with van der Waals surface area (Å²) in [4.78, 5) is 8.59. The van der Waals surface area contributed by atoms with Crippen LogP contribution in [0.4, 0.5) is 5.82 Å². The highest BCUT2D eigenvalue weighted by Crippen LogP contribution is 2.30. The number of hydrogen-bond acceptors (Lipinski definition) is 6. The zero-order valence-electron chi connectivity index (χ0n) is 12.2.